The molecular formula is C18H29N3O2S. The van der Waals surface area contributed by atoms with Crippen LogP contribution in [-0.4, -0.2) is 60.4 Å². The number of nitrogens with one attached hydrogen (secondary N) is 1. The van der Waals surface area contributed by atoms with Gasteiger partial charge in [-0.15, -0.1) is 0 Å². The SMILES string of the molecule is CC(C)N1CCC(N(C)C(=O)CCCNC(=O)c2ccsc2)CC1. The number of carbonyl (C=O) groups is 2. The second-order valence-corrected chi connectivity index (χ2v) is 7.52. The summed E-state index contributed by atoms with van der Waals surface area (Å²) in [4.78, 5) is 28.5. The Kier molecular flexibility index (Phi) is 7.24. The zero-order valence-electron chi connectivity index (χ0n) is 15.0. The number of hydrogen-bond acceptors (Lipinski definition) is 4. The molecule has 1 fully saturated rings. The molecule has 0 atom stereocenters. The molecule has 24 heavy (non-hydrogen) atoms. The first-order valence-electron chi connectivity index (χ1n) is 8.79. The highest BCUT2D eigenvalue weighted by molar-refractivity contribution is 7.08. The summed E-state index contributed by atoms with van der Waals surface area (Å²) in [6, 6.07) is 2.74. The minimum absolute atomic E-state index is 0.0573. The Hall–Kier alpha value is -1.40. The topological polar surface area (TPSA) is 52.6 Å². The van der Waals surface area contributed by atoms with Crippen molar-refractivity contribution >= 4 is 23.2 Å². The van der Waals surface area contributed by atoms with Crippen molar-refractivity contribution in [2.45, 2.75) is 51.6 Å². The number of piperidine rings is 1. The maximum Gasteiger partial charge on any atom is 0.252 e. The second-order valence-electron chi connectivity index (χ2n) is 6.74. The third-order valence-electron chi connectivity index (χ3n) is 4.81. The van der Waals surface area contributed by atoms with Crippen molar-refractivity contribution in [3.05, 3.63) is 22.4 Å². The minimum atomic E-state index is -0.0573. The Labute approximate surface area is 149 Å². The summed E-state index contributed by atoms with van der Waals surface area (Å²) < 4.78 is 0. The number of likely N-dealkylation sites (tertiary alicyclic amines) is 1. The molecule has 1 saturated heterocycles. The standard InChI is InChI=1S/C18H29N3O2S/c1-14(2)21-10-6-16(7-11-21)20(3)17(22)5-4-9-19-18(23)15-8-12-24-13-15/h8,12-14,16H,4-7,9-11H2,1-3H3,(H,19,23). The highest BCUT2D eigenvalue weighted by atomic mass is 32.1. The Bertz CT molecular complexity index is 522. The van der Waals surface area contributed by atoms with Crippen LogP contribution in [0.5, 0.6) is 0 Å². The van der Waals surface area contributed by atoms with Crippen LogP contribution in [0.15, 0.2) is 16.8 Å². The smallest absolute Gasteiger partial charge is 0.252 e. The summed E-state index contributed by atoms with van der Waals surface area (Å²) in [6.07, 6.45) is 3.28. The summed E-state index contributed by atoms with van der Waals surface area (Å²) in [5.41, 5.74) is 0.695. The molecule has 2 amide bonds. The number of rotatable bonds is 7. The van der Waals surface area contributed by atoms with Crippen molar-refractivity contribution in [1.29, 1.82) is 0 Å². The van der Waals surface area contributed by atoms with Crippen molar-refractivity contribution in [2.75, 3.05) is 26.7 Å². The Balaban J connectivity index is 1.64. The van der Waals surface area contributed by atoms with E-state index in [1.807, 2.05) is 28.8 Å². The van der Waals surface area contributed by atoms with E-state index < -0.39 is 0 Å². The van der Waals surface area contributed by atoms with Crippen molar-refractivity contribution < 1.29 is 9.59 Å². The van der Waals surface area contributed by atoms with Gasteiger partial charge in [-0.1, -0.05) is 0 Å². The van der Waals surface area contributed by atoms with Gasteiger partial charge < -0.3 is 15.1 Å². The summed E-state index contributed by atoms with van der Waals surface area (Å²) in [7, 11) is 1.92. The summed E-state index contributed by atoms with van der Waals surface area (Å²) in [5, 5.41) is 6.59. The van der Waals surface area contributed by atoms with E-state index in [4.69, 9.17) is 0 Å². The van der Waals surface area contributed by atoms with Gasteiger partial charge in [0.15, 0.2) is 0 Å². The van der Waals surface area contributed by atoms with E-state index >= 15 is 0 Å². The molecule has 134 valence electrons. The normalized spacial score (nSPS) is 16.3. The van der Waals surface area contributed by atoms with Gasteiger partial charge in [0.1, 0.15) is 0 Å². The van der Waals surface area contributed by atoms with E-state index in [1.54, 1.807) is 0 Å². The Morgan fingerprint density at radius 3 is 2.67 bits per heavy atom. The lowest BCUT2D eigenvalue weighted by molar-refractivity contribution is -0.133. The molecule has 1 aliphatic heterocycles. The number of carbonyl (C=O) groups excluding carboxylic acids is 2. The van der Waals surface area contributed by atoms with E-state index in [-0.39, 0.29) is 11.8 Å². The first kappa shape index (κ1) is 18.9. The highest BCUT2D eigenvalue weighted by Gasteiger charge is 2.25. The third-order valence-corrected chi connectivity index (χ3v) is 5.49. The Morgan fingerprint density at radius 1 is 1.38 bits per heavy atom. The predicted octanol–water partition coefficient (Wildman–Crippen LogP) is 2.59. The molecule has 0 unspecified atom stereocenters. The van der Waals surface area contributed by atoms with E-state index in [1.165, 1.54) is 11.3 Å². The number of amides is 2. The van der Waals surface area contributed by atoms with Gasteiger partial charge in [-0.2, -0.15) is 11.3 Å². The molecule has 6 heteroatoms. The number of thiophene rings is 1. The van der Waals surface area contributed by atoms with Crippen LogP contribution in [-0.2, 0) is 4.79 Å². The van der Waals surface area contributed by atoms with Crippen LogP contribution in [0.25, 0.3) is 0 Å². The van der Waals surface area contributed by atoms with Crippen molar-refractivity contribution in [2.24, 2.45) is 0 Å². The van der Waals surface area contributed by atoms with Crippen LogP contribution < -0.4 is 5.32 Å². The molecule has 0 bridgehead atoms. The van der Waals surface area contributed by atoms with Gasteiger partial charge in [-0.3, -0.25) is 9.59 Å². The van der Waals surface area contributed by atoms with E-state index in [0.29, 0.717) is 37.0 Å². The largest absolute Gasteiger partial charge is 0.352 e. The van der Waals surface area contributed by atoms with Gasteiger partial charge in [0.05, 0.1) is 0 Å². The second kappa shape index (κ2) is 9.18. The quantitative estimate of drug-likeness (QED) is 0.768. The first-order chi connectivity index (χ1) is 11.5. The van der Waals surface area contributed by atoms with Crippen molar-refractivity contribution in [1.82, 2.24) is 15.1 Å². The van der Waals surface area contributed by atoms with Crippen molar-refractivity contribution in [3.63, 3.8) is 0 Å². The molecule has 2 rings (SSSR count). The average molecular weight is 352 g/mol. The molecule has 0 spiro atoms. The number of hydrogen-bond donors (Lipinski definition) is 1. The fraction of sp³-hybridized carbons (Fsp3) is 0.667. The monoisotopic (exact) mass is 351 g/mol. The maximum absolute atomic E-state index is 12.3. The Morgan fingerprint density at radius 2 is 2.08 bits per heavy atom. The van der Waals surface area contributed by atoms with Gasteiger partial charge >= 0.3 is 0 Å². The molecule has 1 N–H and O–H groups in total. The lowest BCUT2D eigenvalue weighted by atomic mass is 10.0. The fourth-order valence-corrected chi connectivity index (χ4v) is 3.74. The third kappa shape index (κ3) is 5.31. The van der Waals surface area contributed by atoms with Crippen LogP contribution >= 0.6 is 11.3 Å². The molecule has 0 radical (unpaired) electrons. The summed E-state index contributed by atoms with van der Waals surface area (Å²) in [5.74, 6) is 0.126. The van der Waals surface area contributed by atoms with Gasteiger partial charge in [0.2, 0.25) is 5.91 Å². The predicted molar refractivity (Wildman–Crippen MR) is 98.4 cm³/mol. The van der Waals surface area contributed by atoms with Crippen LogP contribution in [0.3, 0.4) is 0 Å². The first-order valence-corrected chi connectivity index (χ1v) is 9.73. The van der Waals surface area contributed by atoms with Gasteiger partial charge in [-0.25, -0.2) is 0 Å². The van der Waals surface area contributed by atoms with E-state index in [2.05, 4.69) is 24.1 Å². The van der Waals surface area contributed by atoms with E-state index in [9.17, 15) is 9.59 Å². The zero-order valence-corrected chi connectivity index (χ0v) is 15.8. The molecule has 2 heterocycles. The van der Waals surface area contributed by atoms with Gasteiger partial charge in [-0.05, 0) is 44.6 Å². The summed E-state index contributed by atoms with van der Waals surface area (Å²) in [6.45, 7) is 7.12. The van der Waals surface area contributed by atoms with Crippen LogP contribution in [0.2, 0.25) is 0 Å². The lowest BCUT2D eigenvalue weighted by Crippen LogP contribution is -2.47. The minimum Gasteiger partial charge on any atom is -0.352 e. The lowest BCUT2D eigenvalue weighted by Gasteiger charge is -2.38. The maximum atomic E-state index is 12.3. The average Bonchev–Trinajstić information content (AvgIpc) is 3.12. The molecule has 1 aromatic heterocycles. The van der Waals surface area contributed by atoms with Gasteiger partial charge in [0.25, 0.3) is 5.91 Å². The van der Waals surface area contributed by atoms with Gasteiger partial charge in [0, 0.05) is 56.1 Å². The molecule has 0 saturated carbocycles. The number of nitrogens with zero attached hydrogens (tertiary/aromatic N) is 2. The zero-order chi connectivity index (χ0) is 17.5. The van der Waals surface area contributed by atoms with E-state index in [0.717, 1.165) is 25.9 Å². The molecule has 0 aliphatic carbocycles. The van der Waals surface area contributed by atoms with Crippen LogP contribution in [0.4, 0.5) is 0 Å². The van der Waals surface area contributed by atoms with Crippen LogP contribution in [0, 0.1) is 0 Å². The highest BCUT2D eigenvalue weighted by Crippen LogP contribution is 2.18. The van der Waals surface area contributed by atoms with Crippen molar-refractivity contribution in [3.8, 4) is 0 Å². The molecule has 5 nitrogen and oxygen atoms in total. The fourth-order valence-electron chi connectivity index (χ4n) is 3.11. The summed E-state index contributed by atoms with van der Waals surface area (Å²) >= 11 is 1.51. The molecule has 0 aromatic carbocycles. The van der Waals surface area contributed by atoms with Crippen LogP contribution in [0.1, 0.15) is 49.9 Å². The molecular weight excluding hydrogens is 322 g/mol. The molecule has 1 aromatic rings. The molecule has 1 aliphatic rings.